The van der Waals surface area contributed by atoms with E-state index in [9.17, 15) is 13.6 Å². The number of esters is 1. The summed E-state index contributed by atoms with van der Waals surface area (Å²) in [6.07, 6.45) is 0.287. The summed E-state index contributed by atoms with van der Waals surface area (Å²) in [5, 5.41) is 0. The largest absolute Gasteiger partial charge is 0.465 e. The number of alkyl halides is 2. The lowest BCUT2D eigenvalue weighted by atomic mass is 10.1. The first-order valence-corrected chi connectivity index (χ1v) is 6.15. The quantitative estimate of drug-likeness (QED) is 0.771. The van der Waals surface area contributed by atoms with Gasteiger partial charge in [-0.15, -0.1) is 0 Å². The molecular weight excluding hydrogens is 238 g/mol. The fourth-order valence-corrected chi connectivity index (χ4v) is 2.18. The first-order chi connectivity index (χ1) is 8.57. The molecule has 0 aliphatic heterocycles. The molecule has 0 saturated heterocycles. The highest BCUT2D eigenvalue weighted by atomic mass is 19.3. The van der Waals surface area contributed by atoms with E-state index in [0.717, 1.165) is 5.56 Å². The number of carbonyl (C=O) groups excluding carboxylic acids is 1. The molecule has 0 N–H and O–H groups in total. The van der Waals surface area contributed by atoms with E-state index in [1.807, 2.05) is 30.3 Å². The Labute approximate surface area is 105 Å². The number of carbonyl (C=O) groups is 1. The lowest BCUT2D eigenvalue weighted by Gasteiger charge is -2.10. The highest BCUT2D eigenvalue weighted by Gasteiger charge is 2.43. The first kappa shape index (κ1) is 13.0. The Bertz CT molecular complexity index is 404. The van der Waals surface area contributed by atoms with Crippen molar-refractivity contribution in [3.63, 3.8) is 0 Å². The zero-order valence-electron chi connectivity index (χ0n) is 10.1. The SMILES string of the molecule is O=C(OCCc1ccccc1)C1CCC(F)(F)C1. The van der Waals surface area contributed by atoms with Crippen LogP contribution in [0.15, 0.2) is 30.3 Å². The van der Waals surface area contributed by atoms with E-state index in [4.69, 9.17) is 4.74 Å². The summed E-state index contributed by atoms with van der Waals surface area (Å²) in [6, 6.07) is 9.62. The standard InChI is InChI=1S/C14H16F2O2/c15-14(16)8-6-12(10-14)13(17)18-9-7-11-4-2-1-3-5-11/h1-5,12H,6-10H2. The molecule has 1 aromatic carbocycles. The molecule has 18 heavy (non-hydrogen) atoms. The fourth-order valence-electron chi connectivity index (χ4n) is 2.18. The summed E-state index contributed by atoms with van der Waals surface area (Å²) in [5.74, 6) is -3.80. The van der Waals surface area contributed by atoms with E-state index in [1.165, 1.54) is 0 Å². The van der Waals surface area contributed by atoms with E-state index in [-0.39, 0.29) is 25.9 Å². The third-order valence-corrected chi connectivity index (χ3v) is 3.21. The van der Waals surface area contributed by atoms with Gasteiger partial charge in [-0.05, 0) is 12.0 Å². The zero-order chi connectivity index (χ0) is 13.0. The minimum atomic E-state index is -2.69. The summed E-state index contributed by atoms with van der Waals surface area (Å²) in [4.78, 5) is 11.6. The highest BCUT2D eigenvalue weighted by molar-refractivity contribution is 5.72. The summed E-state index contributed by atoms with van der Waals surface area (Å²) in [7, 11) is 0. The molecular formula is C14H16F2O2. The topological polar surface area (TPSA) is 26.3 Å². The predicted octanol–water partition coefficient (Wildman–Crippen LogP) is 3.21. The Kier molecular flexibility index (Phi) is 3.94. The lowest BCUT2D eigenvalue weighted by Crippen LogP contribution is -2.19. The third-order valence-electron chi connectivity index (χ3n) is 3.21. The summed E-state index contributed by atoms with van der Waals surface area (Å²) >= 11 is 0. The minimum Gasteiger partial charge on any atom is -0.465 e. The van der Waals surface area contributed by atoms with Gasteiger partial charge in [0, 0.05) is 19.3 Å². The average Bonchev–Trinajstić information content (AvgIpc) is 2.71. The monoisotopic (exact) mass is 254 g/mol. The normalized spacial score (nSPS) is 21.8. The van der Waals surface area contributed by atoms with Crippen LogP contribution in [0.2, 0.25) is 0 Å². The number of hydrogen-bond donors (Lipinski definition) is 0. The fraction of sp³-hybridized carbons (Fsp3) is 0.500. The molecule has 0 spiro atoms. The second kappa shape index (κ2) is 5.46. The highest BCUT2D eigenvalue weighted by Crippen LogP contribution is 2.39. The van der Waals surface area contributed by atoms with Crippen molar-refractivity contribution in [2.45, 2.75) is 31.6 Å². The van der Waals surface area contributed by atoms with Crippen LogP contribution >= 0.6 is 0 Å². The predicted molar refractivity (Wildman–Crippen MR) is 63.4 cm³/mol. The molecule has 1 fully saturated rings. The lowest BCUT2D eigenvalue weighted by molar-refractivity contribution is -0.149. The Balaban J connectivity index is 1.73. The van der Waals surface area contributed by atoms with Gasteiger partial charge in [0.25, 0.3) is 0 Å². The van der Waals surface area contributed by atoms with Gasteiger partial charge in [-0.1, -0.05) is 30.3 Å². The van der Waals surface area contributed by atoms with Crippen LogP contribution in [0.5, 0.6) is 0 Å². The third kappa shape index (κ3) is 3.52. The van der Waals surface area contributed by atoms with Crippen molar-refractivity contribution in [1.82, 2.24) is 0 Å². The van der Waals surface area contributed by atoms with Crippen molar-refractivity contribution in [2.24, 2.45) is 5.92 Å². The van der Waals surface area contributed by atoms with Crippen LogP contribution in [0.25, 0.3) is 0 Å². The first-order valence-electron chi connectivity index (χ1n) is 6.15. The molecule has 0 bridgehead atoms. The van der Waals surface area contributed by atoms with E-state index >= 15 is 0 Å². The molecule has 4 heteroatoms. The molecule has 98 valence electrons. The van der Waals surface area contributed by atoms with Crippen molar-refractivity contribution in [2.75, 3.05) is 6.61 Å². The Morgan fingerprint density at radius 1 is 1.33 bits per heavy atom. The van der Waals surface area contributed by atoms with Gasteiger partial charge in [-0.3, -0.25) is 4.79 Å². The van der Waals surface area contributed by atoms with Crippen LogP contribution < -0.4 is 0 Å². The zero-order valence-corrected chi connectivity index (χ0v) is 10.1. The molecule has 1 unspecified atom stereocenters. The van der Waals surface area contributed by atoms with E-state index < -0.39 is 17.8 Å². The molecule has 1 aromatic rings. The smallest absolute Gasteiger partial charge is 0.309 e. The van der Waals surface area contributed by atoms with Crippen LogP contribution in [-0.2, 0) is 16.0 Å². The number of hydrogen-bond acceptors (Lipinski definition) is 2. The maximum absolute atomic E-state index is 12.9. The minimum absolute atomic E-state index is 0.203. The molecule has 0 heterocycles. The molecule has 1 atom stereocenters. The van der Waals surface area contributed by atoms with E-state index in [1.54, 1.807) is 0 Å². The van der Waals surface area contributed by atoms with Crippen molar-refractivity contribution in [3.8, 4) is 0 Å². The Morgan fingerprint density at radius 3 is 2.67 bits per heavy atom. The van der Waals surface area contributed by atoms with Crippen LogP contribution in [-0.4, -0.2) is 18.5 Å². The van der Waals surface area contributed by atoms with Crippen molar-refractivity contribution in [1.29, 1.82) is 0 Å². The van der Waals surface area contributed by atoms with Gasteiger partial charge in [-0.2, -0.15) is 0 Å². The van der Waals surface area contributed by atoms with Gasteiger partial charge in [0.15, 0.2) is 0 Å². The molecule has 0 aromatic heterocycles. The molecule has 0 radical (unpaired) electrons. The van der Waals surface area contributed by atoms with Gasteiger partial charge in [0.1, 0.15) is 0 Å². The van der Waals surface area contributed by atoms with Gasteiger partial charge >= 0.3 is 5.97 Å². The number of ether oxygens (including phenoxy) is 1. The molecule has 2 rings (SSSR count). The molecule has 1 aliphatic rings. The van der Waals surface area contributed by atoms with Gasteiger partial charge in [0.05, 0.1) is 12.5 Å². The second-order valence-corrected chi connectivity index (χ2v) is 4.70. The second-order valence-electron chi connectivity index (χ2n) is 4.70. The Hall–Kier alpha value is -1.45. The summed E-state index contributed by atoms with van der Waals surface area (Å²) in [5.41, 5.74) is 1.07. The number of benzene rings is 1. The molecule has 1 saturated carbocycles. The Morgan fingerprint density at radius 2 is 2.06 bits per heavy atom. The number of rotatable bonds is 4. The van der Waals surface area contributed by atoms with Crippen molar-refractivity contribution in [3.05, 3.63) is 35.9 Å². The average molecular weight is 254 g/mol. The van der Waals surface area contributed by atoms with E-state index in [2.05, 4.69) is 0 Å². The maximum Gasteiger partial charge on any atom is 0.309 e. The molecule has 1 aliphatic carbocycles. The van der Waals surface area contributed by atoms with Crippen LogP contribution in [0, 0.1) is 5.92 Å². The molecule has 2 nitrogen and oxygen atoms in total. The van der Waals surface area contributed by atoms with Crippen molar-refractivity contribution >= 4 is 5.97 Å². The maximum atomic E-state index is 12.9. The number of halogens is 2. The van der Waals surface area contributed by atoms with Gasteiger partial charge < -0.3 is 4.74 Å². The molecule has 0 amide bonds. The van der Waals surface area contributed by atoms with Gasteiger partial charge in [0.2, 0.25) is 5.92 Å². The summed E-state index contributed by atoms with van der Waals surface area (Å²) in [6.45, 7) is 0.255. The van der Waals surface area contributed by atoms with Gasteiger partial charge in [-0.25, -0.2) is 8.78 Å². The van der Waals surface area contributed by atoms with Crippen molar-refractivity contribution < 1.29 is 18.3 Å². The van der Waals surface area contributed by atoms with E-state index in [0.29, 0.717) is 6.42 Å². The van der Waals surface area contributed by atoms with Crippen LogP contribution in [0.3, 0.4) is 0 Å². The summed E-state index contributed by atoms with van der Waals surface area (Å²) < 4.78 is 30.9. The van der Waals surface area contributed by atoms with Crippen LogP contribution in [0.1, 0.15) is 24.8 Å². The van der Waals surface area contributed by atoms with Crippen LogP contribution in [0.4, 0.5) is 8.78 Å².